The van der Waals surface area contributed by atoms with Gasteiger partial charge in [-0.05, 0) is 36.4 Å². The maximum absolute atomic E-state index is 13.0. The number of nitrogens with zero attached hydrogens (tertiary/aromatic N) is 1. The summed E-state index contributed by atoms with van der Waals surface area (Å²) in [7, 11) is 0. The summed E-state index contributed by atoms with van der Waals surface area (Å²) in [5.41, 5.74) is 1.27. The summed E-state index contributed by atoms with van der Waals surface area (Å²) in [5, 5.41) is 3.37. The Bertz CT molecular complexity index is 571. The Morgan fingerprint density at radius 2 is 1.62 bits per heavy atom. The second kappa shape index (κ2) is 7.69. The largest absolute Gasteiger partial charge is 0.368 e. The van der Waals surface area contributed by atoms with Crippen molar-refractivity contribution in [2.24, 2.45) is 0 Å². The quantitative estimate of drug-likeness (QED) is 0.924. The minimum atomic E-state index is -0.190. The molecule has 1 aliphatic rings. The van der Waals surface area contributed by atoms with Crippen molar-refractivity contribution >= 4 is 29.9 Å². The second-order valence-electron chi connectivity index (χ2n) is 4.76. The third-order valence-corrected chi connectivity index (χ3v) is 4.44. The molecule has 2 aromatic carbocycles. The van der Waals surface area contributed by atoms with Crippen LogP contribution in [0.5, 0.6) is 0 Å². The van der Waals surface area contributed by atoms with Crippen LogP contribution in [0.25, 0.3) is 0 Å². The molecule has 2 nitrogen and oxygen atoms in total. The first kappa shape index (κ1) is 16.1. The van der Waals surface area contributed by atoms with Crippen LogP contribution < -0.4 is 10.2 Å². The molecule has 0 amide bonds. The number of rotatable bonds is 3. The molecule has 0 aliphatic carbocycles. The highest BCUT2D eigenvalue weighted by molar-refractivity contribution is 7.99. The lowest BCUT2D eigenvalue weighted by atomic mass is 10.2. The SMILES string of the molecule is Cl.Fc1ccc(Sc2ccccc2N2CCNCC2)cc1. The fraction of sp³-hybridized carbons (Fsp3) is 0.250. The molecular weight excluding hydrogens is 307 g/mol. The van der Waals surface area contributed by atoms with Crippen LogP contribution in [0.15, 0.2) is 58.3 Å². The van der Waals surface area contributed by atoms with Gasteiger partial charge in [0.25, 0.3) is 0 Å². The molecule has 21 heavy (non-hydrogen) atoms. The van der Waals surface area contributed by atoms with Crippen LogP contribution >= 0.6 is 24.2 Å². The zero-order chi connectivity index (χ0) is 13.8. The summed E-state index contributed by atoms with van der Waals surface area (Å²) in [4.78, 5) is 4.69. The Morgan fingerprint density at radius 1 is 0.952 bits per heavy atom. The molecule has 0 radical (unpaired) electrons. The summed E-state index contributed by atoms with van der Waals surface area (Å²) in [6.45, 7) is 4.10. The van der Waals surface area contributed by atoms with Gasteiger partial charge < -0.3 is 10.2 Å². The highest BCUT2D eigenvalue weighted by Crippen LogP contribution is 2.35. The van der Waals surface area contributed by atoms with E-state index in [1.807, 2.05) is 12.1 Å². The molecule has 0 bridgehead atoms. The Labute approximate surface area is 135 Å². The Hall–Kier alpha value is -1.23. The van der Waals surface area contributed by atoms with Gasteiger partial charge in [-0.1, -0.05) is 23.9 Å². The van der Waals surface area contributed by atoms with Crippen molar-refractivity contribution in [2.75, 3.05) is 31.1 Å². The molecule has 1 aliphatic heterocycles. The van der Waals surface area contributed by atoms with E-state index in [2.05, 4.69) is 34.5 Å². The van der Waals surface area contributed by atoms with Gasteiger partial charge >= 0.3 is 0 Å². The molecule has 0 atom stereocenters. The average molecular weight is 325 g/mol. The molecule has 3 rings (SSSR count). The Morgan fingerprint density at radius 3 is 2.33 bits per heavy atom. The van der Waals surface area contributed by atoms with E-state index in [4.69, 9.17) is 0 Å². The minimum absolute atomic E-state index is 0. The second-order valence-corrected chi connectivity index (χ2v) is 5.88. The minimum Gasteiger partial charge on any atom is -0.368 e. The number of halogens is 2. The molecule has 1 heterocycles. The van der Waals surface area contributed by atoms with E-state index in [-0.39, 0.29) is 18.2 Å². The van der Waals surface area contributed by atoms with E-state index in [1.165, 1.54) is 22.7 Å². The third kappa shape index (κ3) is 4.13. The van der Waals surface area contributed by atoms with Crippen molar-refractivity contribution in [3.8, 4) is 0 Å². The van der Waals surface area contributed by atoms with Crippen LogP contribution in [-0.2, 0) is 0 Å². The summed E-state index contributed by atoms with van der Waals surface area (Å²) < 4.78 is 13.0. The van der Waals surface area contributed by atoms with Gasteiger partial charge in [-0.15, -0.1) is 12.4 Å². The van der Waals surface area contributed by atoms with Gasteiger partial charge in [0.15, 0.2) is 0 Å². The Kier molecular flexibility index (Phi) is 5.91. The van der Waals surface area contributed by atoms with Crippen molar-refractivity contribution < 1.29 is 4.39 Å². The van der Waals surface area contributed by atoms with E-state index in [0.29, 0.717) is 0 Å². The smallest absolute Gasteiger partial charge is 0.123 e. The third-order valence-electron chi connectivity index (χ3n) is 3.36. The zero-order valence-electron chi connectivity index (χ0n) is 11.6. The van der Waals surface area contributed by atoms with Crippen molar-refractivity contribution in [3.05, 3.63) is 54.3 Å². The van der Waals surface area contributed by atoms with Gasteiger partial charge in [-0.2, -0.15) is 0 Å². The number of hydrogen-bond donors (Lipinski definition) is 1. The van der Waals surface area contributed by atoms with E-state index in [1.54, 1.807) is 11.8 Å². The molecule has 112 valence electrons. The van der Waals surface area contributed by atoms with Crippen molar-refractivity contribution in [3.63, 3.8) is 0 Å². The standard InChI is InChI=1S/C16H17FN2S.ClH/c17-13-5-7-14(8-6-13)20-16-4-2-1-3-15(16)19-11-9-18-10-12-19;/h1-8,18H,9-12H2;1H. The van der Waals surface area contributed by atoms with E-state index >= 15 is 0 Å². The van der Waals surface area contributed by atoms with E-state index in [0.717, 1.165) is 31.1 Å². The summed E-state index contributed by atoms with van der Waals surface area (Å²) >= 11 is 1.69. The number of anilines is 1. The molecule has 1 N–H and O–H groups in total. The predicted octanol–water partition coefficient (Wildman–Crippen LogP) is 3.81. The normalized spacial score (nSPS) is 14.6. The van der Waals surface area contributed by atoms with Gasteiger partial charge in [0, 0.05) is 36.0 Å². The van der Waals surface area contributed by atoms with Crippen LogP contribution in [0.2, 0.25) is 0 Å². The van der Waals surface area contributed by atoms with Crippen molar-refractivity contribution in [1.82, 2.24) is 5.32 Å². The maximum Gasteiger partial charge on any atom is 0.123 e. The topological polar surface area (TPSA) is 15.3 Å². The molecule has 5 heteroatoms. The van der Waals surface area contributed by atoms with E-state index in [9.17, 15) is 4.39 Å². The van der Waals surface area contributed by atoms with E-state index < -0.39 is 0 Å². The highest BCUT2D eigenvalue weighted by Gasteiger charge is 2.14. The van der Waals surface area contributed by atoms with Gasteiger partial charge in [0.2, 0.25) is 0 Å². The van der Waals surface area contributed by atoms with Crippen LogP contribution in [-0.4, -0.2) is 26.2 Å². The number of hydrogen-bond acceptors (Lipinski definition) is 3. The van der Waals surface area contributed by atoms with Gasteiger partial charge in [-0.25, -0.2) is 4.39 Å². The number of benzene rings is 2. The monoisotopic (exact) mass is 324 g/mol. The fourth-order valence-electron chi connectivity index (χ4n) is 2.34. The average Bonchev–Trinajstić information content (AvgIpc) is 2.51. The molecule has 0 unspecified atom stereocenters. The first-order chi connectivity index (χ1) is 9.83. The van der Waals surface area contributed by atoms with Crippen LogP contribution in [0.4, 0.5) is 10.1 Å². The molecule has 1 saturated heterocycles. The predicted molar refractivity (Wildman–Crippen MR) is 89.3 cm³/mol. The van der Waals surface area contributed by atoms with Crippen molar-refractivity contribution in [1.29, 1.82) is 0 Å². The molecule has 0 spiro atoms. The lowest BCUT2D eigenvalue weighted by Gasteiger charge is -2.30. The van der Waals surface area contributed by atoms with Crippen LogP contribution in [0.3, 0.4) is 0 Å². The molecular formula is C16H18ClFN2S. The summed E-state index contributed by atoms with van der Waals surface area (Å²) in [6.07, 6.45) is 0. The highest BCUT2D eigenvalue weighted by atomic mass is 35.5. The Balaban J connectivity index is 0.00000161. The number of nitrogens with one attached hydrogen (secondary N) is 1. The van der Waals surface area contributed by atoms with Crippen molar-refractivity contribution in [2.45, 2.75) is 9.79 Å². The zero-order valence-corrected chi connectivity index (χ0v) is 13.2. The van der Waals surface area contributed by atoms with Gasteiger partial charge in [-0.3, -0.25) is 0 Å². The first-order valence-electron chi connectivity index (χ1n) is 6.81. The maximum atomic E-state index is 13.0. The first-order valence-corrected chi connectivity index (χ1v) is 7.63. The number of para-hydroxylation sites is 1. The van der Waals surface area contributed by atoms with Gasteiger partial charge in [0.1, 0.15) is 5.82 Å². The van der Waals surface area contributed by atoms with Crippen LogP contribution in [0, 0.1) is 5.82 Å². The lowest BCUT2D eigenvalue weighted by molar-refractivity contribution is 0.587. The molecule has 2 aromatic rings. The molecule has 0 aromatic heterocycles. The van der Waals surface area contributed by atoms with Crippen LogP contribution in [0.1, 0.15) is 0 Å². The van der Waals surface area contributed by atoms with Gasteiger partial charge in [0.05, 0.1) is 5.69 Å². The summed E-state index contributed by atoms with van der Waals surface area (Å²) in [6, 6.07) is 15.1. The summed E-state index contributed by atoms with van der Waals surface area (Å²) in [5.74, 6) is -0.190. The lowest BCUT2D eigenvalue weighted by Crippen LogP contribution is -2.43. The fourth-order valence-corrected chi connectivity index (χ4v) is 3.31. The molecule has 1 fully saturated rings. The number of piperazine rings is 1. The molecule has 0 saturated carbocycles.